The Balaban J connectivity index is 1.51. The number of fused-ring (bicyclic) bond motifs is 3. The monoisotopic (exact) mass is 470 g/mol. The van der Waals surface area contributed by atoms with Crippen LogP contribution in [-0.4, -0.2) is 36.4 Å². The zero-order valence-electron chi connectivity index (χ0n) is 16.4. The van der Waals surface area contributed by atoms with Crippen molar-refractivity contribution in [2.75, 3.05) is 11.1 Å². The third-order valence-electron chi connectivity index (χ3n) is 5.07. The molecule has 1 aliphatic rings. The molecule has 0 aliphatic heterocycles. The summed E-state index contributed by atoms with van der Waals surface area (Å²) in [5.74, 6) is -0.0871. The second-order valence-electron chi connectivity index (χ2n) is 7.11. The second kappa shape index (κ2) is 8.85. The molecule has 8 nitrogen and oxygen atoms in total. The number of hydrogen-bond acceptors (Lipinski definition) is 9. The van der Waals surface area contributed by atoms with Crippen LogP contribution in [0.3, 0.4) is 0 Å². The van der Waals surface area contributed by atoms with Gasteiger partial charge in [0.05, 0.1) is 17.7 Å². The SMILES string of the molecule is O=C(CSc1nc2sc3c(c2c(=O)n1Cc1ccncc1)CCCC3)Nc1nncs1. The molecule has 158 valence electrons. The van der Waals surface area contributed by atoms with E-state index in [1.165, 1.54) is 28.0 Å². The summed E-state index contributed by atoms with van der Waals surface area (Å²) < 4.78 is 1.68. The van der Waals surface area contributed by atoms with Crippen LogP contribution >= 0.6 is 34.4 Å². The molecule has 31 heavy (non-hydrogen) atoms. The zero-order chi connectivity index (χ0) is 21.2. The number of pyridine rings is 1. The first-order valence-corrected chi connectivity index (χ1v) is 12.5. The average Bonchev–Trinajstić information content (AvgIpc) is 3.42. The maximum atomic E-state index is 13.6. The Bertz CT molecular complexity index is 1280. The number of anilines is 1. The van der Waals surface area contributed by atoms with Crippen molar-refractivity contribution < 1.29 is 4.79 Å². The minimum Gasteiger partial charge on any atom is -0.300 e. The summed E-state index contributed by atoms with van der Waals surface area (Å²) in [5.41, 5.74) is 3.65. The fraction of sp³-hybridized carbons (Fsp3) is 0.300. The molecule has 0 saturated carbocycles. The minimum absolute atomic E-state index is 0.0340. The van der Waals surface area contributed by atoms with Gasteiger partial charge in [0, 0.05) is 17.3 Å². The maximum absolute atomic E-state index is 13.6. The number of thiophene rings is 1. The molecule has 0 radical (unpaired) electrons. The third-order valence-corrected chi connectivity index (χ3v) is 7.84. The van der Waals surface area contributed by atoms with E-state index in [-0.39, 0.29) is 17.2 Å². The van der Waals surface area contributed by atoms with Crippen LogP contribution in [0.5, 0.6) is 0 Å². The minimum atomic E-state index is -0.211. The highest BCUT2D eigenvalue weighted by Gasteiger charge is 2.22. The molecule has 0 spiro atoms. The topological polar surface area (TPSA) is 103 Å². The van der Waals surface area contributed by atoms with Gasteiger partial charge in [-0.05, 0) is 48.9 Å². The first-order chi connectivity index (χ1) is 15.2. The first kappa shape index (κ1) is 20.3. The van der Waals surface area contributed by atoms with E-state index in [1.54, 1.807) is 33.8 Å². The summed E-state index contributed by atoms with van der Waals surface area (Å²) in [6, 6.07) is 3.77. The smallest absolute Gasteiger partial charge is 0.263 e. The lowest BCUT2D eigenvalue weighted by Gasteiger charge is -2.13. The molecule has 5 rings (SSSR count). The van der Waals surface area contributed by atoms with Gasteiger partial charge >= 0.3 is 0 Å². The molecule has 1 amide bonds. The third kappa shape index (κ3) is 4.25. The van der Waals surface area contributed by atoms with Crippen LogP contribution in [0, 0.1) is 0 Å². The number of amides is 1. The van der Waals surface area contributed by atoms with Gasteiger partial charge in [-0.25, -0.2) is 4.98 Å². The maximum Gasteiger partial charge on any atom is 0.263 e. The number of aryl methyl sites for hydroxylation is 2. The van der Waals surface area contributed by atoms with Crippen molar-refractivity contribution >= 4 is 55.7 Å². The Kier molecular flexibility index (Phi) is 5.79. The van der Waals surface area contributed by atoms with E-state index in [0.29, 0.717) is 16.8 Å². The summed E-state index contributed by atoms with van der Waals surface area (Å²) in [6.07, 6.45) is 7.61. The van der Waals surface area contributed by atoms with Crippen LogP contribution in [0.2, 0.25) is 0 Å². The van der Waals surface area contributed by atoms with Crippen LogP contribution in [0.1, 0.15) is 28.8 Å². The predicted molar refractivity (Wildman–Crippen MR) is 123 cm³/mol. The predicted octanol–water partition coefficient (Wildman–Crippen LogP) is 3.36. The molecule has 0 saturated heterocycles. The van der Waals surface area contributed by atoms with E-state index in [2.05, 4.69) is 20.5 Å². The van der Waals surface area contributed by atoms with Crippen LogP contribution in [0.4, 0.5) is 5.13 Å². The highest BCUT2D eigenvalue weighted by molar-refractivity contribution is 7.99. The van der Waals surface area contributed by atoms with E-state index < -0.39 is 0 Å². The number of aromatic nitrogens is 5. The summed E-state index contributed by atoms with van der Waals surface area (Å²) in [6.45, 7) is 0.384. The summed E-state index contributed by atoms with van der Waals surface area (Å²) in [7, 11) is 0. The Labute approximate surface area is 189 Å². The molecule has 4 aromatic rings. The van der Waals surface area contributed by atoms with Crippen LogP contribution in [0.15, 0.2) is 40.0 Å². The van der Waals surface area contributed by atoms with Crippen molar-refractivity contribution in [1.29, 1.82) is 0 Å². The lowest BCUT2D eigenvalue weighted by atomic mass is 9.97. The molecular weight excluding hydrogens is 452 g/mol. The van der Waals surface area contributed by atoms with Crippen molar-refractivity contribution in [3.63, 3.8) is 0 Å². The molecule has 1 aliphatic carbocycles. The normalized spacial score (nSPS) is 13.3. The molecule has 0 atom stereocenters. The van der Waals surface area contributed by atoms with Gasteiger partial charge in [0.25, 0.3) is 5.56 Å². The van der Waals surface area contributed by atoms with E-state index in [9.17, 15) is 9.59 Å². The van der Waals surface area contributed by atoms with Gasteiger partial charge in [0.15, 0.2) is 5.16 Å². The Morgan fingerprint density at radius 1 is 1.23 bits per heavy atom. The summed E-state index contributed by atoms with van der Waals surface area (Å²) in [4.78, 5) is 36.9. The molecule has 0 unspecified atom stereocenters. The Hall–Kier alpha value is -2.63. The van der Waals surface area contributed by atoms with Crippen molar-refractivity contribution in [1.82, 2.24) is 24.7 Å². The number of nitrogens with zero attached hydrogens (tertiary/aromatic N) is 5. The first-order valence-electron chi connectivity index (χ1n) is 9.82. The second-order valence-corrected chi connectivity index (χ2v) is 9.97. The van der Waals surface area contributed by atoms with Crippen LogP contribution < -0.4 is 10.9 Å². The summed E-state index contributed by atoms with van der Waals surface area (Å²) >= 11 is 4.13. The lowest BCUT2D eigenvalue weighted by Crippen LogP contribution is -2.25. The van der Waals surface area contributed by atoms with Gasteiger partial charge in [-0.15, -0.1) is 21.5 Å². The van der Waals surface area contributed by atoms with Crippen LogP contribution in [0.25, 0.3) is 10.2 Å². The van der Waals surface area contributed by atoms with Gasteiger partial charge in [-0.1, -0.05) is 23.1 Å². The number of nitrogens with one attached hydrogen (secondary N) is 1. The molecule has 0 aromatic carbocycles. The highest BCUT2D eigenvalue weighted by atomic mass is 32.2. The number of rotatable bonds is 6. The van der Waals surface area contributed by atoms with E-state index in [1.807, 2.05) is 12.1 Å². The Morgan fingerprint density at radius 3 is 2.87 bits per heavy atom. The number of carbonyl (C=O) groups is 1. The number of carbonyl (C=O) groups excluding carboxylic acids is 1. The van der Waals surface area contributed by atoms with Crippen molar-refractivity contribution in [2.45, 2.75) is 37.4 Å². The van der Waals surface area contributed by atoms with Gasteiger partial charge < -0.3 is 0 Å². The standard InChI is InChI=1S/C20H18N6O2S3/c27-15(23-19-25-22-11-30-19)10-29-20-24-17-16(13-3-1-2-4-14(13)31-17)18(28)26(20)9-12-5-7-21-8-6-12/h5-8,11H,1-4,9-10H2,(H,23,25,27). The van der Waals surface area contributed by atoms with Gasteiger partial charge in [0.2, 0.25) is 11.0 Å². The van der Waals surface area contributed by atoms with Crippen molar-refractivity contribution in [2.24, 2.45) is 0 Å². The van der Waals surface area contributed by atoms with Gasteiger partial charge in [-0.3, -0.25) is 24.5 Å². The van der Waals surface area contributed by atoms with Crippen molar-refractivity contribution in [3.8, 4) is 0 Å². The van der Waals surface area contributed by atoms with Gasteiger partial charge in [0.1, 0.15) is 10.3 Å². The van der Waals surface area contributed by atoms with Crippen molar-refractivity contribution in [3.05, 3.63) is 56.4 Å². The molecule has 4 heterocycles. The lowest BCUT2D eigenvalue weighted by molar-refractivity contribution is -0.113. The average molecular weight is 471 g/mol. The molecule has 11 heteroatoms. The zero-order valence-corrected chi connectivity index (χ0v) is 18.9. The largest absolute Gasteiger partial charge is 0.300 e. The van der Waals surface area contributed by atoms with E-state index >= 15 is 0 Å². The van der Waals surface area contributed by atoms with Crippen LogP contribution in [-0.2, 0) is 24.2 Å². The van der Waals surface area contributed by atoms with E-state index in [4.69, 9.17) is 4.98 Å². The molecule has 4 aromatic heterocycles. The molecular formula is C20H18N6O2S3. The quantitative estimate of drug-likeness (QED) is 0.340. The van der Waals surface area contributed by atoms with E-state index in [0.717, 1.165) is 47.0 Å². The fourth-order valence-corrected chi connectivity index (χ4v) is 6.22. The number of hydrogen-bond donors (Lipinski definition) is 1. The number of thioether (sulfide) groups is 1. The Morgan fingerprint density at radius 2 is 2.06 bits per heavy atom. The molecule has 0 bridgehead atoms. The van der Waals surface area contributed by atoms with Gasteiger partial charge in [-0.2, -0.15) is 0 Å². The molecule has 0 fully saturated rings. The fourth-order valence-electron chi connectivity index (χ4n) is 3.65. The molecule has 1 N–H and O–H groups in total. The highest BCUT2D eigenvalue weighted by Crippen LogP contribution is 2.34. The summed E-state index contributed by atoms with van der Waals surface area (Å²) in [5, 5.41) is 12.0.